The van der Waals surface area contributed by atoms with Gasteiger partial charge in [0.05, 0.1) is 36.7 Å². The van der Waals surface area contributed by atoms with Crippen molar-refractivity contribution in [2.45, 2.75) is 51.4 Å². The predicted molar refractivity (Wildman–Crippen MR) is 152 cm³/mol. The highest BCUT2D eigenvalue weighted by atomic mass is 19.3. The number of nitrogens with one attached hydrogen (secondary N) is 2. The number of carbonyl (C=O) groups excluding carboxylic acids is 2. The second-order valence-electron chi connectivity index (χ2n) is 9.92. The Morgan fingerprint density at radius 2 is 1.90 bits per heavy atom. The molecule has 2 aromatic heterocycles. The van der Waals surface area contributed by atoms with Crippen LogP contribution in [-0.4, -0.2) is 63.4 Å². The molecule has 0 spiro atoms. The zero-order chi connectivity index (χ0) is 30.4. The number of pyridine rings is 1. The Labute approximate surface area is 241 Å². The number of amides is 2. The number of halogens is 2. The molecular weight excluding hydrogens is 548 g/mol. The molecule has 2 aromatic carbocycles. The van der Waals surface area contributed by atoms with Crippen molar-refractivity contribution in [3.8, 4) is 17.3 Å². The molecule has 2 heterocycles. The van der Waals surface area contributed by atoms with Crippen molar-refractivity contribution >= 4 is 22.7 Å². The average Bonchev–Trinajstić information content (AvgIpc) is 3.41. The summed E-state index contributed by atoms with van der Waals surface area (Å²) in [4.78, 5) is 28.8. The summed E-state index contributed by atoms with van der Waals surface area (Å²) in [6, 6.07) is 14.6. The van der Waals surface area contributed by atoms with E-state index in [2.05, 4.69) is 20.7 Å². The molecule has 4 rings (SSSR count). The van der Waals surface area contributed by atoms with Crippen molar-refractivity contribution in [3.05, 3.63) is 78.1 Å². The number of rotatable bonds is 12. The lowest BCUT2D eigenvalue weighted by Gasteiger charge is -2.27. The Morgan fingerprint density at radius 1 is 1.12 bits per heavy atom. The molecule has 3 unspecified atom stereocenters. The van der Waals surface area contributed by atoms with Gasteiger partial charge in [0.2, 0.25) is 5.88 Å². The largest absolute Gasteiger partial charge is 0.484 e. The summed E-state index contributed by atoms with van der Waals surface area (Å²) >= 11 is 0. The van der Waals surface area contributed by atoms with E-state index in [1.807, 2.05) is 13.0 Å². The van der Waals surface area contributed by atoms with Gasteiger partial charge in [-0.05, 0) is 55.8 Å². The molecule has 0 aliphatic carbocycles. The fraction of sp³-hybridized carbons (Fsp3) is 0.333. The first-order valence-electron chi connectivity index (χ1n) is 13.4. The number of fused-ring (bicyclic) bond motifs is 1. The third-order valence-corrected chi connectivity index (χ3v) is 6.63. The molecule has 0 saturated heterocycles. The third-order valence-electron chi connectivity index (χ3n) is 6.63. The summed E-state index contributed by atoms with van der Waals surface area (Å²) in [5.41, 5.74) is 2.35. The average molecular weight is 582 g/mol. The Bertz CT molecular complexity index is 1540. The molecular formula is C30H33F2N5O5. The highest BCUT2D eigenvalue weighted by Gasteiger charge is 2.35. The molecule has 0 fully saturated rings. The summed E-state index contributed by atoms with van der Waals surface area (Å²) < 4.78 is 40.2. The number of nitrogens with zero attached hydrogens (tertiary/aromatic N) is 3. The van der Waals surface area contributed by atoms with Crippen LogP contribution >= 0.6 is 0 Å². The zero-order valence-corrected chi connectivity index (χ0v) is 23.7. The molecule has 0 bridgehead atoms. The second-order valence-corrected chi connectivity index (χ2v) is 9.92. The number of aliphatic hydroxyl groups is 1. The number of ether oxygens (including phenoxy) is 2. The number of benzene rings is 2. The van der Waals surface area contributed by atoms with Gasteiger partial charge in [-0.3, -0.25) is 9.59 Å². The van der Waals surface area contributed by atoms with Crippen molar-refractivity contribution in [3.63, 3.8) is 0 Å². The topological polar surface area (TPSA) is 128 Å². The SMILES string of the molecule is CCC(O)CNC(=O)c1cccc(-n2ncc3cc(OC(c4ccc(OC)nc4)C(C)NC(=O)C(C)(F)F)ccc32)c1. The summed E-state index contributed by atoms with van der Waals surface area (Å²) in [5, 5.41) is 20.0. The zero-order valence-electron chi connectivity index (χ0n) is 23.7. The molecule has 0 aliphatic heterocycles. The first kappa shape index (κ1) is 30.4. The van der Waals surface area contributed by atoms with Gasteiger partial charge in [0.1, 0.15) is 11.9 Å². The van der Waals surface area contributed by atoms with Gasteiger partial charge in [-0.15, -0.1) is 0 Å². The van der Waals surface area contributed by atoms with E-state index < -0.39 is 30.1 Å². The third kappa shape index (κ3) is 7.19. The molecule has 0 saturated carbocycles. The van der Waals surface area contributed by atoms with Crippen molar-refractivity contribution in [2.75, 3.05) is 13.7 Å². The number of hydrogen-bond acceptors (Lipinski definition) is 7. The van der Waals surface area contributed by atoms with E-state index in [-0.39, 0.29) is 12.5 Å². The lowest BCUT2D eigenvalue weighted by Crippen LogP contribution is -2.46. The van der Waals surface area contributed by atoms with E-state index in [0.717, 1.165) is 10.9 Å². The lowest BCUT2D eigenvalue weighted by atomic mass is 10.0. The molecule has 2 amide bonds. The van der Waals surface area contributed by atoms with Crippen molar-refractivity contribution < 1.29 is 33.0 Å². The van der Waals surface area contributed by atoms with Crippen molar-refractivity contribution in [1.82, 2.24) is 25.4 Å². The van der Waals surface area contributed by atoms with Gasteiger partial charge in [0.15, 0.2) is 0 Å². The highest BCUT2D eigenvalue weighted by molar-refractivity contribution is 5.95. The minimum absolute atomic E-state index is 0.157. The standard InChI is InChI=1S/C30H33F2N5O5/c1-5-23(38)17-34-28(39)19-7-6-8-22(13-19)37-25-11-10-24(14-21(25)16-35-37)42-27(18(2)36-29(40)30(3,31)32)20-9-12-26(41-4)33-15-20/h6-16,18,23,27,38H,5,17H2,1-4H3,(H,34,39)(H,36,40). The van der Waals surface area contributed by atoms with Crippen LogP contribution in [0.25, 0.3) is 16.6 Å². The van der Waals surface area contributed by atoms with Gasteiger partial charge < -0.3 is 25.2 Å². The second kappa shape index (κ2) is 12.9. The maximum absolute atomic E-state index is 13.6. The number of aliphatic hydroxyl groups excluding tert-OH is 1. The monoisotopic (exact) mass is 581 g/mol. The van der Waals surface area contributed by atoms with Gasteiger partial charge in [-0.1, -0.05) is 13.0 Å². The minimum atomic E-state index is -3.56. The molecule has 222 valence electrons. The van der Waals surface area contributed by atoms with Crippen LogP contribution in [0.3, 0.4) is 0 Å². The molecule has 0 radical (unpaired) electrons. The highest BCUT2D eigenvalue weighted by Crippen LogP contribution is 2.30. The van der Waals surface area contributed by atoms with E-state index in [1.165, 1.54) is 13.3 Å². The molecule has 4 aromatic rings. The summed E-state index contributed by atoms with van der Waals surface area (Å²) in [6.07, 6.45) is 2.20. The van der Waals surface area contributed by atoms with Crippen molar-refractivity contribution in [2.24, 2.45) is 0 Å². The first-order chi connectivity index (χ1) is 20.0. The summed E-state index contributed by atoms with van der Waals surface area (Å²) in [7, 11) is 1.47. The molecule has 42 heavy (non-hydrogen) atoms. The van der Waals surface area contributed by atoms with Crippen LogP contribution in [-0.2, 0) is 4.79 Å². The quantitative estimate of drug-likeness (QED) is 0.229. The number of aromatic nitrogens is 3. The normalized spacial score (nSPS) is 13.7. The van der Waals surface area contributed by atoms with Gasteiger partial charge in [-0.25, -0.2) is 9.67 Å². The number of carbonyl (C=O) groups is 2. The molecule has 12 heteroatoms. The minimum Gasteiger partial charge on any atom is -0.484 e. The van der Waals surface area contributed by atoms with E-state index in [1.54, 1.807) is 66.3 Å². The van der Waals surface area contributed by atoms with E-state index >= 15 is 0 Å². The molecule has 3 N–H and O–H groups in total. The first-order valence-corrected chi connectivity index (χ1v) is 13.4. The predicted octanol–water partition coefficient (Wildman–Crippen LogP) is 4.21. The molecule has 3 atom stereocenters. The van der Waals surface area contributed by atoms with Crippen LogP contribution in [0.15, 0.2) is 67.0 Å². The van der Waals surface area contributed by atoms with E-state index in [0.29, 0.717) is 41.8 Å². The Balaban J connectivity index is 1.59. The van der Waals surface area contributed by atoms with Crippen LogP contribution in [0, 0.1) is 0 Å². The maximum Gasteiger partial charge on any atom is 0.321 e. The van der Waals surface area contributed by atoms with Gasteiger partial charge in [0.25, 0.3) is 11.8 Å². The fourth-order valence-electron chi connectivity index (χ4n) is 4.22. The van der Waals surface area contributed by atoms with E-state index in [4.69, 9.17) is 9.47 Å². The van der Waals surface area contributed by atoms with Crippen LogP contribution < -0.4 is 20.1 Å². The van der Waals surface area contributed by atoms with Crippen molar-refractivity contribution in [1.29, 1.82) is 0 Å². The van der Waals surface area contributed by atoms with Crippen LogP contribution in [0.1, 0.15) is 49.2 Å². The Kier molecular flexibility index (Phi) is 9.36. The summed E-state index contributed by atoms with van der Waals surface area (Å²) in [5.74, 6) is -4.51. The van der Waals surface area contributed by atoms with Crippen LogP contribution in [0.2, 0.25) is 0 Å². The molecule has 0 aliphatic rings. The molecule has 10 nitrogen and oxygen atoms in total. The fourth-order valence-corrected chi connectivity index (χ4v) is 4.22. The number of methoxy groups -OCH3 is 1. The van der Waals surface area contributed by atoms with Crippen LogP contribution in [0.4, 0.5) is 8.78 Å². The smallest absolute Gasteiger partial charge is 0.321 e. The number of alkyl halides is 2. The van der Waals surface area contributed by atoms with Gasteiger partial charge in [-0.2, -0.15) is 13.9 Å². The van der Waals surface area contributed by atoms with Gasteiger partial charge in [0, 0.05) is 42.2 Å². The van der Waals surface area contributed by atoms with E-state index in [9.17, 15) is 23.5 Å². The van der Waals surface area contributed by atoms with Gasteiger partial charge >= 0.3 is 5.92 Å². The maximum atomic E-state index is 13.6. The lowest BCUT2D eigenvalue weighted by molar-refractivity contribution is -0.144. The number of hydrogen-bond donors (Lipinski definition) is 3. The Hall–Kier alpha value is -4.58. The summed E-state index contributed by atoms with van der Waals surface area (Å²) in [6.45, 7) is 4.09. The van der Waals surface area contributed by atoms with Crippen LogP contribution in [0.5, 0.6) is 11.6 Å². The Morgan fingerprint density at radius 3 is 2.57 bits per heavy atom.